The molecule has 0 fully saturated rings. The second-order valence-corrected chi connectivity index (χ2v) is 12.9. The fourth-order valence-corrected chi connectivity index (χ4v) is 5.81. The largest absolute Gasteiger partial charge is 0.460 e. The van der Waals surface area contributed by atoms with Gasteiger partial charge < -0.3 is 62.2 Å². The van der Waals surface area contributed by atoms with Gasteiger partial charge in [0.25, 0.3) is 0 Å². The van der Waals surface area contributed by atoms with Gasteiger partial charge >= 0.3 is 12.1 Å². The predicted molar refractivity (Wildman–Crippen MR) is 218 cm³/mol. The molecule has 1 N–H and O–H groups in total. The van der Waals surface area contributed by atoms with Crippen molar-refractivity contribution in [2.24, 2.45) is 0 Å². The molecule has 0 saturated heterocycles. The maximum Gasteiger partial charge on any atom is 0.407 e. The van der Waals surface area contributed by atoms with E-state index in [1.54, 1.807) is 24.3 Å². The number of hydrogen-bond acceptors (Lipinski definition) is 14. The Morgan fingerprint density at radius 2 is 0.729 bits per heavy atom. The van der Waals surface area contributed by atoms with Gasteiger partial charge in [-0.15, -0.1) is 0 Å². The molecule has 0 atom stereocenters. The Kier molecular flexibility index (Phi) is 25.7. The van der Waals surface area contributed by atoms with E-state index in [-0.39, 0.29) is 25.1 Å². The Balaban J connectivity index is 0.775. The molecule has 15 heteroatoms. The minimum atomic E-state index is -0.457. The van der Waals surface area contributed by atoms with Crippen LogP contribution in [0.25, 0.3) is 11.1 Å². The number of hydrogen-bond donors (Lipinski definition) is 1. The summed E-state index contributed by atoms with van der Waals surface area (Å²) in [6, 6.07) is 25.3. The van der Waals surface area contributed by atoms with Crippen LogP contribution in [-0.4, -0.2) is 164 Å². The van der Waals surface area contributed by atoms with Crippen LogP contribution in [0.3, 0.4) is 0 Å². The van der Waals surface area contributed by atoms with Gasteiger partial charge in [0, 0.05) is 12.5 Å². The first-order chi connectivity index (χ1) is 29.2. The fraction of sp³-hybridized carbons (Fsp3) is 0.545. The van der Waals surface area contributed by atoms with E-state index < -0.39 is 6.09 Å². The Morgan fingerprint density at radius 1 is 0.390 bits per heavy atom. The Hall–Kier alpha value is -4.00. The molecular formula is C44H61NO14. The summed E-state index contributed by atoms with van der Waals surface area (Å²) >= 11 is 0. The van der Waals surface area contributed by atoms with Gasteiger partial charge in [0.05, 0.1) is 138 Å². The lowest BCUT2D eigenvalue weighted by molar-refractivity contribution is -0.0270. The number of alkyl carbamates (subject to hydrolysis) is 1. The summed E-state index contributed by atoms with van der Waals surface area (Å²) in [5.41, 5.74) is 5.28. The zero-order chi connectivity index (χ0) is 41.3. The highest BCUT2D eigenvalue weighted by atomic mass is 16.6. The van der Waals surface area contributed by atoms with Crippen molar-refractivity contribution in [1.82, 2.24) is 5.32 Å². The third-order valence-electron chi connectivity index (χ3n) is 8.68. The number of amides is 1. The van der Waals surface area contributed by atoms with E-state index in [1.807, 2.05) is 30.3 Å². The van der Waals surface area contributed by atoms with Crippen molar-refractivity contribution >= 4 is 12.1 Å². The molecule has 1 amide bonds. The van der Waals surface area contributed by atoms with Gasteiger partial charge in [-0.1, -0.05) is 66.7 Å². The molecule has 3 aromatic rings. The third-order valence-corrected chi connectivity index (χ3v) is 8.68. The second-order valence-electron chi connectivity index (χ2n) is 12.9. The molecule has 3 aromatic carbocycles. The Morgan fingerprint density at radius 3 is 1.14 bits per heavy atom. The summed E-state index contributed by atoms with van der Waals surface area (Å²) in [4.78, 5) is 24.1. The number of benzene rings is 3. The molecule has 0 heterocycles. The van der Waals surface area contributed by atoms with Gasteiger partial charge in [-0.25, -0.2) is 9.59 Å². The molecule has 0 bridgehead atoms. The summed E-state index contributed by atoms with van der Waals surface area (Å²) in [5, 5.41) is 2.74. The van der Waals surface area contributed by atoms with E-state index in [4.69, 9.17) is 56.8 Å². The van der Waals surface area contributed by atoms with Crippen LogP contribution < -0.4 is 5.32 Å². The summed E-state index contributed by atoms with van der Waals surface area (Å²) in [6.45, 7) is 9.80. The zero-order valence-corrected chi connectivity index (χ0v) is 34.1. The van der Waals surface area contributed by atoms with Crippen LogP contribution in [0.15, 0.2) is 78.9 Å². The number of nitrogens with one attached hydrogen (secondary N) is 1. The third kappa shape index (κ3) is 20.7. The lowest BCUT2D eigenvalue weighted by Crippen LogP contribution is -2.29. The van der Waals surface area contributed by atoms with Crippen molar-refractivity contribution in [2.45, 2.75) is 5.92 Å². The number of ether oxygens (including phenoxy) is 12. The van der Waals surface area contributed by atoms with Gasteiger partial charge in [-0.05, 0) is 34.4 Å². The highest BCUT2D eigenvalue weighted by Crippen LogP contribution is 2.44. The van der Waals surface area contributed by atoms with E-state index in [0.29, 0.717) is 144 Å². The molecule has 1 aliphatic rings. The SMILES string of the molecule is O=C(NCCOCCOCCOCCOCCOCCOCCOCCOCCOCCOCCOC(=O)c1ccccc1)OCC1c2ccccc2-c2ccccc21. The van der Waals surface area contributed by atoms with E-state index >= 15 is 0 Å². The van der Waals surface area contributed by atoms with Crippen LogP contribution in [0.4, 0.5) is 4.79 Å². The number of fused-ring (bicyclic) bond motifs is 3. The van der Waals surface area contributed by atoms with Crippen LogP contribution in [0.5, 0.6) is 0 Å². The van der Waals surface area contributed by atoms with Gasteiger partial charge in [-0.2, -0.15) is 0 Å². The highest BCUT2D eigenvalue weighted by Gasteiger charge is 2.29. The van der Waals surface area contributed by atoms with Crippen LogP contribution in [0, 0.1) is 0 Å². The topological polar surface area (TPSA) is 157 Å². The minimum absolute atomic E-state index is 0.0321. The predicted octanol–water partition coefficient (Wildman–Crippen LogP) is 4.55. The first-order valence-corrected chi connectivity index (χ1v) is 20.3. The molecule has 0 aliphatic heterocycles. The van der Waals surface area contributed by atoms with E-state index in [9.17, 15) is 9.59 Å². The normalized spacial score (nSPS) is 12.0. The lowest BCUT2D eigenvalue weighted by Gasteiger charge is -2.14. The Bertz CT molecular complexity index is 1480. The molecule has 326 valence electrons. The maximum atomic E-state index is 12.3. The molecule has 15 nitrogen and oxygen atoms in total. The average molecular weight is 828 g/mol. The first kappa shape index (κ1) is 47.7. The van der Waals surface area contributed by atoms with Crippen molar-refractivity contribution in [3.05, 3.63) is 95.6 Å². The number of carbonyl (C=O) groups excluding carboxylic acids is 2. The van der Waals surface area contributed by atoms with Gasteiger partial charge in [-0.3, -0.25) is 0 Å². The molecule has 1 aliphatic carbocycles. The zero-order valence-electron chi connectivity index (χ0n) is 34.1. The molecule has 0 radical (unpaired) electrons. The number of rotatable bonds is 36. The van der Waals surface area contributed by atoms with Crippen molar-refractivity contribution < 1.29 is 66.4 Å². The van der Waals surface area contributed by atoms with Crippen LogP contribution in [0.1, 0.15) is 27.4 Å². The molecule has 0 aromatic heterocycles. The quantitative estimate of drug-likeness (QED) is 0.0644. The fourth-order valence-electron chi connectivity index (χ4n) is 5.81. The van der Waals surface area contributed by atoms with Gasteiger partial charge in [0.2, 0.25) is 0 Å². The van der Waals surface area contributed by atoms with E-state index in [1.165, 1.54) is 22.3 Å². The minimum Gasteiger partial charge on any atom is -0.460 e. The summed E-state index contributed by atoms with van der Waals surface area (Å²) in [7, 11) is 0. The van der Waals surface area contributed by atoms with E-state index in [0.717, 1.165) is 0 Å². The monoisotopic (exact) mass is 827 g/mol. The standard InChI is InChI=1S/C44H61NO14/c46-43(37-8-2-1-3-9-37)58-35-34-57-33-32-56-31-30-55-29-28-54-27-26-53-25-24-52-23-22-51-21-20-50-19-18-49-17-16-48-15-14-45-44(47)59-36-42-40-12-6-4-10-38(40)39-11-5-7-13-41(39)42/h1-13,42H,14-36H2,(H,45,47). The lowest BCUT2D eigenvalue weighted by atomic mass is 9.98. The van der Waals surface area contributed by atoms with Crippen molar-refractivity contribution in [2.75, 3.05) is 152 Å². The number of esters is 1. The number of carbonyl (C=O) groups is 2. The Labute approximate surface area is 347 Å². The smallest absolute Gasteiger partial charge is 0.407 e. The molecule has 59 heavy (non-hydrogen) atoms. The molecule has 4 rings (SSSR count). The summed E-state index contributed by atoms with van der Waals surface area (Å²) in [6.07, 6.45) is -0.457. The summed E-state index contributed by atoms with van der Waals surface area (Å²) < 4.78 is 65.6. The molecular weight excluding hydrogens is 766 g/mol. The van der Waals surface area contributed by atoms with E-state index in [2.05, 4.69) is 29.6 Å². The van der Waals surface area contributed by atoms with Crippen molar-refractivity contribution in [3.8, 4) is 11.1 Å². The van der Waals surface area contributed by atoms with Crippen molar-refractivity contribution in [1.29, 1.82) is 0 Å². The maximum absolute atomic E-state index is 12.3. The molecule has 0 unspecified atom stereocenters. The first-order valence-electron chi connectivity index (χ1n) is 20.3. The van der Waals surface area contributed by atoms with Crippen LogP contribution in [0.2, 0.25) is 0 Å². The van der Waals surface area contributed by atoms with Crippen LogP contribution >= 0.6 is 0 Å². The van der Waals surface area contributed by atoms with Crippen molar-refractivity contribution in [3.63, 3.8) is 0 Å². The average Bonchev–Trinajstić information content (AvgIpc) is 3.59. The van der Waals surface area contributed by atoms with Gasteiger partial charge in [0.1, 0.15) is 13.2 Å². The molecule has 0 saturated carbocycles. The molecule has 0 spiro atoms. The van der Waals surface area contributed by atoms with Gasteiger partial charge in [0.15, 0.2) is 0 Å². The highest BCUT2D eigenvalue weighted by molar-refractivity contribution is 5.89. The van der Waals surface area contributed by atoms with Crippen LogP contribution in [-0.2, 0) is 56.8 Å². The second kappa shape index (κ2) is 31.9. The summed E-state index contributed by atoms with van der Waals surface area (Å²) in [5.74, 6) is -0.329.